The van der Waals surface area contributed by atoms with Gasteiger partial charge in [0.1, 0.15) is 6.61 Å². The topological polar surface area (TPSA) is 31.4 Å². The minimum Gasteiger partial charge on any atom is -0.475 e. The van der Waals surface area contributed by atoms with Crippen molar-refractivity contribution in [1.29, 1.82) is 0 Å². The molecule has 0 saturated carbocycles. The average Bonchev–Trinajstić information content (AvgIpc) is 2.36. The number of hydrogen-bond acceptors (Lipinski definition) is 3. The first-order chi connectivity index (χ1) is 8.95. The lowest BCUT2D eigenvalue weighted by Gasteiger charge is -2.22. The van der Waals surface area contributed by atoms with E-state index in [0.717, 1.165) is 31.4 Å². The van der Waals surface area contributed by atoms with Crippen molar-refractivity contribution in [3.8, 4) is 5.88 Å². The van der Waals surface area contributed by atoms with E-state index in [0.29, 0.717) is 6.61 Å². The summed E-state index contributed by atoms with van der Waals surface area (Å²) in [7, 11) is 0. The van der Waals surface area contributed by atoms with Crippen LogP contribution in [0.4, 0.5) is 13.2 Å². The van der Waals surface area contributed by atoms with E-state index < -0.39 is 11.7 Å². The molecule has 1 aromatic rings. The molecule has 1 aliphatic heterocycles. The van der Waals surface area contributed by atoms with Gasteiger partial charge in [-0.1, -0.05) is 0 Å². The number of aryl methyl sites for hydroxylation is 1. The molecule has 1 atom stereocenters. The van der Waals surface area contributed by atoms with Gasteiger partial charge in [0.2, 0.25) is 5.88 Å². The highest BCUT2D eigenvalue weighted by molar-refractivity contribution is 5.26. The molecule has 1 aliphatic rings. The molecule has 2 heterocycles. The summed E-state index contributed by atoms with van der Waals surface area (Å²) in [6.45, 7) is 2.44. The number of ether oxygens (including phenoxy) is 2. The van der Waals surface area contributed by atoms with Crippen molar-refractivity contribution < 1.29 is 22.6 Å². The summed E-state index contributed by atoms with van der Waals surface area (Å²) in [5.74, 6) is 0.00139. The van der Waals surface area contributed by atoms with Crippen LogP contribution in [0.3, 0.4) is 0 Å². The second-order valence-electron chi connectivity index (χ2n) is 4.63. The molecule has 0 aliphatic carbocycles. The highest BCUT2D eigenvalue weighted by atomic mass is 19.4. The number of pyridine rings is 1. The molecule has 0 spiro atoms. The van der Waals surface area contributed by atoms with E-state index >= 15 is 0 Å². The number of alkyl halides is 3. The third kappa shape index (κ3) is 4.09. The maximum Gasteiger partial charge on any atom is 0.416 e. The summed E-state index contributed by atoms with van der Waals surface area (Å²) >= 11 is 0. The highest BCUT2D eigenvalue weighted by Crippen LogP contribution is 2.31. The monoisotopic (exact) mass is 275 g/mol. The molecular formula is C13H16F3NO2. The molecule has 2 rings (SSSR count). The van der Waals surface area contributed by atoms with E-state index in [1.54, 1.807) is 0 Å². The zero-order chi connectivity index (χ0) is 13.9. The van der Waals surface area contributed by atoms with Crippen LogP contribution in [0, 0.1) is 6.92 Å². The van der Waals surface area contributed by atoms with Crippen LogP contribution in [0.2, 0.25) is 0 Å². The molecule has 19 heavy (non-hydrogen) atoms. The predicted octanol–water partition coefficient (Wildman–Crippen LogP) is 3.36. The Morgan fingerprint density at radius 1 is 1.37 bits per heavy atom. The lowest BCUT2D eigenvalue weighted by atomic mass is 10.1. The molecular weight excluding hydrogens is 259 g/mol. The second-order valence-corrected chi connectivity index (χ2v) is 4.63. The predicted molar refractivity (Wildman–Crippen MR) is 63.1 cm³/mol. The summed E-state index contributed by atoms with van der Waals surface area (Å²) in [6.07, 6.45) is -1.48. The summed E-state index contributed by atoms with van der Waals surface area (Å²) < 4.78 is 48.7. The van der Waals surface area contributed by atoms with Gasteiger partial charge in [-0.25, -0.2) is 4.98 Å². The smallest absolute Gasteiger partial charge is 0.416 e. The zero-order valence-corrected chi connectivity index (χ0v) is 10.7. The standard InChI is InChI=1S/C13H16F3NO2/c1-9-6-10(13(14,15)16)7-12(17-9)19-8-11-4-2-3-5-18-11/h6-7,11H,2-5,8H2,1H3. The van der Waals surface area contributed by atoms with Crippen LogP contribution in [0.15, 0.2) is 12.1 Å². The van der Waals surface area contributed by atoms with Crippen LogP contribution >= 0.6 is 0 Å². The van der Waals surface area contributed by atoms with Crippen molar-refractivity contribution in [2.45, 2.75) is 38.5 Å². The SMILES string of the molecule is Cc1cc(C(F)(F)F)cc(OCC2CCCCO2)n1. The van der Waals surface area contributed by atoms with E-state index in [1.807, 2.05) is 0 Å². The van der Waals surface area contributed by atoms with E-state index in [4.69, 9.17) is 9.47 Å². The summed E-state index contributed by atoms with van der Waals surface area (Å²) in [4.78, 5) is 3.95. The Morgan fingerprint density at radius 2 is 2.16 bits per heavy atom. The van der Waals surface area contributed by atoms with Gasteiger partial charge in [-0.2, -0.15) is 13.2 Å². The van der Waals surface area contributed by atoms with Crippen LogP contribution in [0.1, 0.15) is 30.5 Å². The van der Waals surface area contributed by atoms with E-state index in [-0.39, 0.29) is 24.3 Å². The van der Waals surface area contributed by atoms with E-state index in [2.05, 4.69) is 4.98 Å². The number of aromatic nitrogens is 1. The Kier molecular flexibility index (Phi) is 4.29. The quantitative estimate of drug-likeness (QED) is 0.847. The first kappa shape index (κ1) is 14.1. The maximum atomic E-state index is 12.6. The summed E-state index contributed by atoms with van der Waals surface area (Å²) in [5, 5.41) is 0. The minimum absolute atomic E-state index is 0.00139. The van der Waals surface area contributed by atoms with Crippen molar-refractivity contribution in [3.63, 3.8) is 0 Å². The van der Waals surface area contributed by atoms with Gasteiger partial charge in [0.25, 0.3) is 0 Å². The molecule has 1 aromatic heterocycles. The van der Waals surface area contributed by atoms with Gasteiger partial charge in [0.15, 0.2) is 0 Å². The number of halogens is 3. The average molecular weight is 275 g/mol. The number of hydrogen-bond donors (Lipinski definition) is 0. The first-order valence-corrected chi connectivity index (χ1v) is 6.25. The third-order valence-electron chi connectivity index (χ3n) is 2.95. The second kappa shape index (κ2) is 5.77. The van der Waals surface area contributed by atoms with Crippen LogP contribution in [-0.4, -0.2) is 24.3 Å². The molecule has 0 aromatic carbocycles. The Hall–Kier alpha value is -1.30. The van der Waals surface area contributed by atoms with Gasteiger partial charge < -0.3 is 9.47 Å². The zero-order valence-electron chi connectivity index (χ0n) is 10.7. The van der Waals surface area contributed by atoms with Crippen molar-refractivity contribution in [2.75, 3.05) is 13.2 Å². The van der Waals surface area contributed by atoms with E-state index in [9.17, 15) is 13.2 Å². The Morgan fingerprint density at radius 3 is 2.79 bits per heavy atom. The molecule has 0 radical (unpaired) electrons. The normalized spacial score (nSPS) is 20.3. The largest absolute Gasteiger partial charge is 0.475 e. The molecule has 6 heteroatoms. The van der Waals surface area contributed by atoms with Gasteiger partial charge in [-0.05, 0) is 32.3 Å². The van der Waals surface area contributed by atoms with Crippen molar-refractivity contribution in [1.82, 2.24) is 4.98 Å². The Balaban J connectivity index is 2.01. The minimum atomic E-state index is -4.38. The Bertz CT molecular complexity index is 428. The molecule has 0 N–H and O–H groups in total. The fraction of sp³-hybridized carbons (Fsp3) is 0.615. The molecule has 1 saturated heterocycles. The summed E-state index contributed by atoms with van der Waals surface area (Å²) in [6, 6.07) is 1.93. The van der Waals surface area contributed by atoms with Gasteiger partial charge in [-0.3, -0.25) is 0 Å². The molecule has 1 fully saturated rings. The number of rotatable bonds is 3. The van der Waals surface area contributed by atoms with E-state index in [1.165, 1.54) is 6.92 Å². The van der Waals surface area contributed by atoms with Gasteiger partial charge >= 0.3 is 6.18 Å². The van der Waals surface area contributed by atoms with Crippen LogP contribution in [0.25, 0.3) is 0 Å². The van der Waals surface area contributed by atoms with Crippen molar-refractivity contribution in [2.24, 2.45) is 0 Å². The third-order valence-corrected chi connectivity index (χ3v) is 2.95. The van der Waals surface area contributed by atoms with Crippen LogP contribution < -0.4 is 4.74 Å². The fourth-order valence-corrected chi connectivity index (χ4v) is 1.99. The van der Waals surface area contributed by atoms with Crippen molar-refractivity contribution in [3.05, 3.63) is 23.4 Å². The first-order valence-electron chi connectivity index (χ1n) is 6.25. The molecule has 106 valence electrons. The molecule has 0 bridgehead atoms. The van der Waals surface area contributed by atoms with Gasteiger partial charge in [0.05, 0.1) is 11.7 Å². The fourth-order valence-electron chi connectivity index (χ4n) is 1.99. The lowest BCUT2D eigenvalue weighted by Crippen LogP contribution is -2.26. The highest BCUT2D eigenvalue weighted by Gasteiger charge is 2.31. The molecule has 1 unspecified atom stereocenters. The summed E-state index contributed by atoms with van der Waals surface area (Å²) in [5.41, 5.74) is -0.450. The van der Waals surface area contributed by atoms with Crippen LogP contribution in [0.5, 0.6) is 5.88 Å². The van der Waals surface area contributed by atoms with Gasteiger partial charge in [0, 0.05) is 18.4 Å². The number of nitrogens with zero attached hydrogens (tertiary/aromatic N) is 1. The van der Waals surface area contributed by atoms with Crippen molar-refractivity contribution >= 4 is 0 Å². The van der Waals surface area contributed by atoms with Crippen LogP contribution in [-0.2, 0) is 10.9 Å². The lowest BCUT2D eigenvalue weighted by molar-refractivity contribution is -0.137. The molecule has 0 amide bonds. The Labute approximate surface area is 109 Å². The molecule has 3 nitrogen and oxygen atoms in total. The van der Waals surface area contributed by atoms with Gasteiger partial charge in [-0.15, -0.1) is 0 Å². The maximum absolute atomic E-state index is 12.6.